The second kappa shape index (κ2) is 5.49. The Kier molecular flexibility index (Phi) is 3.73. The fourth-order valence-corrected chi connectivity index (χ4v) is 2.95. The van der Waals surface area contributed by atoms with Crippen LogP contribution in [-0.2, 0) is 10.3 Å². The van der Waals surface area contributed by atoms with Crippen molar-refractivity contribution < 1.29 is 9.47 Å². The Bertz CT molecular complexity index is 409. The maximum atomic E-state index is 5.53. The molecule has 0 spiro atoms. The first kappa shape index (κ1) is 12.9. The van der Waals surface area contributed by atoms with Crippen LogP contribution in [0.1, 0.15) is 12.5 Å². The van der Waals surface area contributed by atoms with E-state index in [-0.39, 0.29) is 5.54 Å². The number of ether oxygens (including phenoxy) is 2. The quantitative estimate of drug-likeness (QED) is 0.884. The van der Waals surface area contributed by atoms with Crippen LogP contribution in [0.15, 0.2) is 24.3 Å². The van der Waals surface area contributed by atoms with E-state index >= 15 is 0 Å². The van der Waals surface area contributed by atoms with Crippen LogP contribution in [0.5, 0.6) is 5.75 Å². The lowest BCUT2D eigenvalue weighted by Gasteiger charge is -2.51. The van der Waals surface area contributed by atoms with E-state index in [2.05, 4.69) is 34.5 Å². The second-order valence-electron chi connectivity index (χ2n) is 5.22. The largest absolute Gasteiger partial charge is 0.494 e. The SMILES string of the molecule is CCOc1ccc(C2(N3CCNCC3)COC2)cc1. The molecule has 1 N–H and O–H groups in total. The van der Waals surface area contributed by atoms with Crippen molar-refractivity contribution in [1.29, 1.82) is 0 Å². The van der Waals surface area contributed by atoms with Crippen LogP contribution in [0.25, 0.3) is 0 Å². The number of nitrogens with one attached hydrogen (secondary N) is 1. The Hall–Kier alpha value is -1.10. The van der Waals surface area contributed by atoms with Crippen LogP contribution in [-0.4, -0.2) is 50.9 Å². The molecule has 19 heavy (non-hydrogen) atoms. The molecular formula is C15H22N2O2. The van der Waals surface area contributed by atoms with Gasteiger partial charge in [0.15, 0.2) is 0 Å². The number of rotatable bonds is 4. The molecule has 2 aliphatic heterocycles. The topological polar surface area (TPSA) is 33.7 Å². The maximum Gasteiger partial charge on any atom is 0.119 e. The summed E-state index contributed by atoms with van der Waals surface area (Å²) in [6, 6.07) is 8.52. The molecule has 0 amide bonds. The molecule has 2 saturated heterocycles. The third-order valence-electron chi connectivity index (χ3n) is 4.11. The normalized spacial score (nSPS) is 22.8. The Morgan fingerprint density at radius 2 is 1.89 bits per heavy atom. The molecule has 0 atom stereocenters. The summed E-state index contributed by atoms with van der Waals surface area (Å²) in [6.07, 6.45) is 0. The summed E-state index contributed by atoms with van der Waals surface area (Å²) in [4.78, 5) is 2.56. The van der Waals surface area contributed by atoms with Gasteiger partial charge in [0.25, 0.3) is 0 Å². The Labute approximate surface area is 114 Å². The van der Waals surface area contributed by atoms with E-state index in [1.165, 1.54) is 5.56 Å². The molecule has 0 aliphatic carbocycles. The molecule has 0 aromatic heterocycles. The van der Waals surface area contributed by atoms with E-state index in [0.29, 0.717) is 6.61 Å². The highest BCUT2D eigenvalue weighted by molar-refractivity contribution is 5.33. The zero-order chi connectivity index (χ0) is 13.1. The lowest BCUT2D eigenvalue weighted by Crippen LogP contribution is -2.63. The highest BCUT2D eigenvalue weighted by atomic mass is 16.5. The van der Waals surface area contributed by atoms with Crippen molar-refractivity contribution in [2.75, 3.05) is 46.0 Å². The van der Waals surface area contributed by atoms with Gasteiger partial charge in [-0.2, -0.15) is 0 Å². The van der Waals surface area contributed by atoms with Gasteiger partial charge in [-0.3, -0.25) is 4.90 Å². The number of hydrogen-bond acceptors (Lipinski definition) is 4. The predicted octanol–water partition coefficient (Wildman–Crippen LogP) is 1.22. The van der Waals surface area contributed by atoms with Gasteiger partial charge in [0.05, 0.1) is 25.4 Å². The second-order valence-corrected chi connectivity index (χ2v) is 5.22. The standard InChI is InChI=1S/C15H22N2O2/c1-2-19-14-5-3-13(4-6-14)15(11-18-12-15)17-9-7-16-8-10-17/h3-6,16H,2,7-12H2,1H3. The first-order valence-electron chi connectivity index (χ1n) is 7.12. The van der Waals surface area contributed by atoms with E-state index in [9.17, 15) is 0 Å². The van der Waals surface area contributed by atoms with Crippen molar-refractivity contribution in [1.82, 2.24) is 10.2 Å². The van der Waals surface area contributed by atoms with Gasteiger partial charge in [-0.05, 0) is 24.6 Å². The molecule has 4 nitrogen and oxygen atoms in total. The number of nitrogens with zero attached hydrogens (tertiary/aromatic N) is 1. The summed E-state index contributed by atoms with van der Waals surface area (Å²) in [5, 5.41) is 3.41. The highest BCUT2D eigenvalue weighted by Crippen LogP contribution is 2.36. The first-order chi connectivity index (χ1) is 9.35. The van der Waals surface area contributed by atoms with Crippen LogP contribution in [0.2, 0.25) is 0 Å². The number of benzene rings is 1. The molecule has 104 valence electrons. The van der Waals surface area contributed by atoms with Gasteiger partial charge in [0, 0.05) is 26.2 Å². The lowest BCUT2D eigenvalue weighted by atomic mass is 9.85. The molecule has 2 fully saturated rings. The average molecular weight is 262 g/mol. The minimum atomic E-state index is 0.0901. The molecule has 2 aliphatic rings. The summed E-state index contributed by atoms with van der Waals surface area (Å²) >= 11 is 0. The van der Waals surface area contributed by atoms with E-state index in [1.807, 2.05) is 6.92 Å². The van der Waals surface area contributed by atoms with E-state index in [1.54, 1.807) is 0 Å². The zero-order valence-corrected chi connectivity index (χ0v) is 11.5. The molecule has 4 heteroatoms. The van der Waals surface area contributed by atoms with Crippen molar-refractivity contribution in [2.24, 2.45) is 0 Å². The molecule has 2 heterocycles. The lowest BCUT2D eigenvalue weighted by molar-refractivity contribution is -0.149. The molecule has 0 radical (unpaired) electrons. The summed E-state index contributed by atoms with van der Waals surface area (Å²) in [5.41, 5.74) is 1.44. The van der Waals surface area contributed by atoms with E-state index in [4.69, 9.17) is 9.47 Å². The molecular weight excluding hydrogens is 240 g/mol. The van der Waals surface area contributed by atoms with Gasteiger partial charge in [-0.25, -0.2) is 0 Å². The Morgan fingerprint density at radius 1 is 1.21 bits per heavy atom. The summed E-state index contributed by atoms with van der Waals surface area (Å²) < 4.78 is 11.0. The summed E-state index contributed by atoms with van der Waals surface area (Å²) in [7, 11) is 0. The van der Waals surface area contributed by atoms with Crippen LogP contribution < -0.4 is 10.1 Å². The van der Waals surface area contributed by atoms with Crippen molar-refractivity contribution in [2.45, 2.75) is 12.5 Å². The van der Waals surface area contributed by atoms with Crippen molar-refractivity contribution >= 4 is 0 Å². The van der Waals surface area contributed by atoms with Gasteiger partial charge in [-0.15, -0.1) is 0 Å². The van der Waals surface area contributed by atoms with E-state index in [0.717, 1.165) is 45.1 Å². The minimum Gasteiger partial charge on any atom is -0.494 e. The molecule has 1 aromatic carbocycles. The fourth-order valence-electron chi connectivity index (χ4n) is 2.95. The van der Waals surface area contributed by atoms with Gasteiger partial charge in [-0.1, -0.05) is 12.1 Å². The van der Waals surface area contributed by atoms with Crippen LogP contribution >= 0.6 is 0 Å². The summed E-state index contributed by atoms with van der Waals surface area (Å²) in [6.45, 7) is 8.66. The third-order valence-corrected chi connectivity index (χ3v) is 4.11. The number of piperazine rings is 1. The number of hydrogen-bond donors (Lipinski definition) is 1. The molecule has 0 bridgehead atoms. The van der Waals surface area contributed by atoms with Crippen LogP contribution in [0.4, 0.5) is 0 Å². The zero-order valence-electron chi connectivity index (χ0n) is 11.5. The highest BCUT2D eigenvalue weighted by Gasteiger charge is 2.45. The van der Waals surface area contributed by atoms with Gasteiger partial charge in [0.1, 0.15) is 5.75 Å². The summed E-state index contributed by atoms with van der Waals surface area (Å²) in [5.74, 6) is 0.946. The fraction of sp³-hybridized carbons (Fsp3) is 0.600. The Morgan fingerprint density at radius 3 is 2.42 bits per heavy atom. The van der Waals surface area contributed by atoms with E-state index < -0.39 is 0 Å². The van der Waals surface area contributed by atoms with Gasteiger partial charge < -0.3 is 14.8 Å². The van der Waals surface area contributed by atoms with Gasteiger partial charge >= 0.3 is 0 Å². The molecule has 1 aromatic rings. The molecule has 0 saturated carbocycles. The molecule has 0 unspecified atom stereocenters. The maximum absolute atomic E-state index is 5.53. The van der Waals surface area contributed by atoms with Crippen molar-refractivity contribution in [3.8, 4) is 5.75 Å². The van der Waals surface area contributed by atoms with Crippen LogP contribution in [0.3, 0.4) is 0 Å². The third kappa shape index (κ3) is 2.36. The van der Waals surface area contributed by atoms with Crippen LogP contribution in [0, 0.1) is 0 Å². The average Bonchev–Trinajstić information content (AvgIpc) is 2.41. The smallest absolute Gasteiger partial charge is 0.119 e. The van der Waals surface area contributed by atoms with Crippen molar-refractivity contribution in [3.63, 3.8) is 0 Å². The Balaban J connectivity index is 1.80. The predicted molar refractivity (Wildman–Crippen MR) is 74.6 cm³/mol. The first-order valence-corrected chi connectivity index (χ1v) is 7.12. The minimum absolute atomic E-state index is 0.0901. The monoisotopic (exact) mass is 262 g/mol. The molecule has 3 rings (SSSR count). The van der Waals surface area contributed by atoms with Gasteiger partial charge in [0.2, 0.25) is 0 Å². The van der Waals surface area contributed by atoms with Crippen molar-refractivity contribution in [3.05, 3.63) is 29.8 Å².